The van der Waals surface area contributed by atoms with E-state index < -0.39 is 0 Å². The van der Waals surface area contributed by atoms with Gasteiger partial charge in [0.25, 0.3) is 0 Å². The predicted octanol–water partition coefficient (Wildman–Crippen LogP) is 3.29. The number of hydrogen-bond donors (Lipinski definition) is 1. The van der Waals surface area contributed by atoms with Crippen molar-refractivity contribution >= 4 is 51.0 Å². The quantitative estimate of drug-likeness (QED) is 0.901. The van der Waals surface area contributed by atoms with Gasteiger partial charge in [-0.2, -0.15) is 5.10 Å². The zero-order chi connectivity index (χ0) is 11.4. The summed E-state index contributed by atoms with van der Waals surface area (Å²) in [6.07, 6.45) is 0. The van der Waals surface area contributed by atoms with Gasteiger partial charge in [0.15, 0.2) is 5.17 Å². The molecule has 0 saturated carbocycles. The second-order valence-corrected chi connectivity index (χ2v) is 5.13. The number of hydrazone groups is 1. The number of halogens is 2. The lowest BCUT2D eigenvalue weighted by atomic mass is 10.1. The Labute approximate surface area is 120 Å². The summed E-state index contributed by atoms with van der Waals surface area (Å²) < 4.78 is 1.08. The molecule has 1 aliphatic heterocycles. The van der Waals surface area contributed by atoms with Crippen molar-refractivity contribution < 1.29 is 0 Å². The van der Waals surface area contributed by atoms with Gasteiger partial charge in [0.05, 0.1) is 5.71 Å². The van der Waals surface area contributed by atoms with Gasteiger partial charge in [0.1, 0.15) is 0 Å². The molecule has 0 saturated heterocycles. The lowest BCUT2D eigenvalue weighted by Gasteiger charge is -2.14. The van der Waals surface area contributed by atoms with E-state index in [1.807, 2.05) is 19.1 Å². The lowest BCUT2D eigenvalue weighted by molar-refractivity contribution is 1.00. The van der Waals surface area contributed by atoms with E-state index in [9.17, 15) is 0 Å². The molecule has 0 fully saturated rings. The van der Waals surface area contributed by atoms with Gasteiger partial charge in [-0.15, -0.1) is 12.4 Å². The highest BCUT2D eigenvalue weighted by Gasteiger charge is 2.12. The Morgan fingerprint density at radius 2 is 2.12 bits per heavy atom. The third-order valence-electron chi connectivity index (χ3n) is 2.11. The monoisotopic (exact) mass is 333 g/mol. The molecule has 1 N–H and O–H groups in total. The summed E-state index contributed by atoms with van der Waals surface area (Å²) in [4.78, 5) is 4.28. The van der Waals surface area contributed by atoms with Crippen LogP contribution in [-0.4, -0.2) is 23.2 Å². The number of amidine groups is 1. The normalized spacial score (nSPS) is 17.1. The molecule has 0 aromatic heterocycles. The number of nitrogens with zero attached hydrogens (tertiary/aromatic N) is 2. The number of nitrogens with one attached hydrogen (secondary N) is 1. The van der Waals surface area contributed by atoms with Crippen LogP contribution in [0.4, 0.5) is 0 Å². The van der Waals surface area contributed by atoms with Crippen molar-refractivity contribution in [3.8, 4) is 0 Å². The van der Waals surface area contributed by atoms with E-state index >= 15 is 0 Å². The first kappa shape index (κ1) is 14.5. The van der Waals surface area contributed by atoms with Crippen molar-refractivity contribution in [2.24, 2.45) is 10.1 Å². The molecule has 1 heterocycles. The third-order valence-corrected chi connectivity index (χ3v) is 3.55. The first-order valence-corrected chi connectivity index (χ1v) is 6.83. The van der Waals surface area contributed by atoms with E-state index in [-0.39, 0.29) is 12.4 Å². The fraction of sp³-hybridized carbons (Fsp3) is 0.273. The average Bonchev–Trinajstić information content (AvgIpc) is 2.32. The lowest BCUT2D eigenvalue weighted by Crippen LogP contribution is -2.25. The maximum absolute atomic E-state index is 4.33. The summed E-state index contributed by atoms with van der Waals surface area (Å²) in [7, 11) is 0. The molecule has 0 aliphatic carbocycles. The van der Waals surface area contributed by atoms with Crippen molar-refractivity contribution in [3.05, 3.63) is 34.3 Å². The first-order chi connectivity index (χ1) is 7.79. The van der Waals surface area contributed by atoms with E-state index in [4.69, 9.17) is 0 Å². The Balaban J connectivity index is 0.00000144. The Hall–Kier alpha value is -0.520. The van der Waals surface area contributed by atoms with Crippen LogP contribution in [0.5, 0.6) is 0 Å². The zero-order valence-corrected chi connectivity index (χ0v) is 12.5. The largest absolute Gasteiger partial charge is 0.262 e. The fourth-order valence-corrected chi connectivity index (χ4v) is 2.43. The predicted molar refractivity (Wildman–Crippen MR) is 81.5 cm³/mol. The number of rotatable bonds is 2. The SMILES string of the molecule is CCN=C1NN=C(c2ccc(Br)cc2)CS1.Cl. The van der Waals surface area contributed by atoms with Gasteiger partial charge in [0.2, 0.25) is 0 Å². The van der Waals surface area contributed by atoms with Crippen LogP contribution in [0.3, 0.4) is 0 Å². The molecule has 0 radical (unpaired) electrons. The highest BCUT2D eigenvalue weighted by atomic mass is 79.9. The molecule has 17 heavy (non-hydrogen) atoms. The molecule has 1 aromatic rings. The molecular formula is C11H13BrClN3S. The smallest absolute Gasteiger partial charge is 0.177 e. The van der Waals surface area contributed by atoms with Gasteiger partial charge in [-0.3, -0.25) is 10.4 Å². The van der Waals surface area contributed by atoms with Gasteiger partial charge < -0.3 is 0 Å². The van der Waals surface area contributed by atoms with E-state index in [0.717, 1.165) is 33.2 Å². The van der Waals surface area contributed by atoms with Crippen molar-refractivity contribution in [1.82, 2.24) is 5.43 Å². The van der Waals surface area contributed by atoms with Gasteiger partial charge in [-0.05, 0) is 24.6 Å². The number of thioether (sulfide) groups is 1. The molecule has 0 spiro atoms. The van der Waals surface area contributed by atoms with Crippen LogP contribution in [0.2, 0.25) is 0 Å². The Morgan fingerprint density at radius 3 is 2.65 bits per heavy atom. The summed E-state index contributed by atoms with van der Waals surface area (Å²) in [6, 6.07) is 8.18. The highest BCUT2D eigenvalue weighted by molar-refractivity contribution is 9.10. The summed E-state index contributed by atoms with van der Waals surface area (Å²) in [5.41, 5.74) is 5.19. The second kappa shape index (κ2) is 7.03. The van der Waals surface area contributed by atoms with Crippen molar-refractivity contribution in [1.29, 1.82) is 0 Å². The summed E-state index contributed by atoms with van der Waals surface area (Å²) in [5.74, 6) is 0.869. The van der Waals surface area contributed by atoms with Crippen molar-refractivity contribution in [2.45, 2.75) is 6.92 Å². The van der Waals surface area contributed by atoms with E-state index in [1.165, 1.54) is 0 Å². The third kappa shape index (κ3) is 4.01. The molecule has 1 aromatic carbocycles. The van der Waals surface area contributed by atoms with Crippen LogP contribution in [0.15, 0.2) is 38.8 Å². The van der Waals surface area contributed by atoms with Crippen LogP contribution in [0.25, 0.3) is 0 Å². The number of aliphatic imine (C=N–C) groups is 1. The molecular weight excluding hydrogens is 322 g/mol. The molecule has 0 bridgehead atoms. The van der Waals surface area contributed by atoms with E-state index in [2.05, 4.69) is 43.6 Å². The van der Waals surface area contributed by atoms with Crippen LogP contribution in [0, 0.1) is 0 Å². The van der Waals surface area contributed by atoms with Gasteiger partial charge in [-0.1, -0.05) is 39.8 Å². The summed E-state index contributed by atoms with van der Waals surface area (Å²) in [6.45, 7) is 2.81. The highest BCUT2D eigenvalue weighted by Crippen LogP contribution is 2.16. The van der Waals surface area contributed by atoms with Gasteiger partial charge >= 0.3 is 0 Å². The molecule has 6 heteroatoms. The molecule has 0 atom stereocenters. The van der Waals surface area contributed by atoms with Crippen molar-refractivity contribution in [2.75, 3.05) is 12.3 Å². The summed E-state index contributed by atoms with van der Waals surface area (Å²) >= 11 is 5.11. The minimum absolute atomic E-state index is 0. The van der Waals surface area contributed by atoms with Gasteiger partial charge in [0, 0.05) is 16.8 Å². The van der Waals surface area contributed by atoms with Crippen LogP contribution in [-0.2, 0) is 0 Å². The molecule has 3 nitrogen and oxygen atoms in total. The van der Waals surface area contributed by atoms with Crippen molar-refractivity contribution in [3.63, 3.8) is 0 Å². The minimum Gasteiger partial charge on any atom is -0.262 e. The Kier molecular flexibility index (Phi) is 6.02. The van der Waals surface area contributed by atoms with Gasteiger partial charge in [-0.25, -0.2) is 0 Å². The van der Waals surface area contributed by atoms with E-state index in [1.54, 1.807) is 11.8 Å². The second-order valence-electron chi connectivity index (χ2n) is 3.25. The molecule has 92 valence electrons. The zero-order valence-electron chi connectivity index (χ0n) is 9.31. The maximum atomic E-state index is 4.33. The average molecular weight is 335 g/mol. The topological polar surface area (TPSA) is 36.8 Å². The van der Waals surface area contributed by atoms with Crippen LogP contribution < -0.4 is 5.43 Å². The Morgan fingerprint density at radius 1 is 1.41 bits per heavy atom. The summed E-state index contributed by atoms with van der Waals surface area (Å²) in [5, 5.41) is 5.24. The molecule has 0 amide bonds. The van der Waals surface area contributed by atoms with Crippen LogP contribution >= 0.6 is 40.1 Å². The fourth-order valence-electron chi connectivity index (χ4n) is 1.33. The maximum Gasteiger partial charge on any atom is 0.177 e. The molecule has 0 unspecified atom stereocenters. The molecule has 1 aliphatic rings. The molecule has 2 rings (SSSR count). The number of benzene rings is 1. The standard InChI is InChI=1S/C11H12BrN3S.ClH/c1-2-13-11-15-14-10(7-16-11)8-3-5-9(12)6-4-8;/h3-6H,2,7H2,1H3,(H,13,15);1H. The van der Waals surface area contributed by atoms with Crippen LogP contribution in [0.1, 0.15) is 12.5 Å². The minimum atomic E-state index is 0. The van der Waals surface area contributed by atoms with E-state index in [0.29, 0.717) is 0 Å². The Bertz CT molecular complexity index is 431. The first-order valence-electron chi connectivity index (χ1n) is 5.05. The number of hydrogen-bond acceptors (Lipinski definition) is 3.